The van der Waals surface area contributed by atoms with E-state index in [1.54, 1.807) is 31.2 Å². The van der Waals surface area contributed by atoms with Crippen LogP contribution in [0.3, 0.4) is 0 Å². The zero-order valence-electron chi connectivity index (χ0n) is 11.9. The minimum atomic E-state index is -3.41. The van der Waals surface area contributed by atoms with Crippen LogP contribution < -0.4 is 10.0 Å². The molecule has 0 aliphatic heterocycles. The van der Waals surface area contributed by atoms with E-state index in [4.69, 9.17) is 0 Å². The van der Waals surface area contributed by atoms with Crippen LogP contribution in [0.25, 0.3) is 0 Å². The van der Waals surface area contributed by atoms with Gasteiger partial charge in [-0.2, -0.15) is 0 Å². The molecule has 6 heteroatoms. The maximum atomic E-state index is 13.2. The number of hydrogen-bond donors (Lipinski definition) is 2. The number of aryl methyl sites for hydroxylation is 1. The minimum Gasteiger partial charge on any atom is -0.381 e. The summed E-state index contributed by atoms with van der Waals surface area (Å²) in [6, 6.07) is 11.4. The van der Waals surface area contributed by atoms with Crippen LogP contribution in [0.15, 0.2) is 47.4 Å². The molecule has 0 atom stereocenters. The van der Waals surface area contributed by atoms with Crippen molar-refractivity contribution in [2.75, 3.05) is 12.4 Å². The van der Waals surface area contributed by atoms with Crippen LogP contribution >= 0.6 is 0 Å². The third-order valence-corrected chi connectivity index (χ3v) is 4.58. The van der Waals surface area contributed by atoms with E-state index in [9.17, 15) is 12.8 Å². The standard InChI is InChI=1S/C15H17FN2O2S/c1-11-9-12(3-8-15(11)16)10-18-13-4-6-14(7-5-13)21(19,20)17-2/h3-9,17-18H,10H2,1-2H3. The number of rotatable bonds is 5. The van der Waals surface area contributed by atoms with Crippen molar-refractivity contribution < 1.29 is 12.8 Å². The topological polar surface area (TPSA) is 58.2 Å². The summed E-state index contributed by atoms with van der Waals surface area (Å²) in [5, 5.41) is 3.17. The number of nitrogens with one attached hydrogen (secondary N) is 2. The number of hydrogen-bond acceptors (Lipinski definition) is 3. The minimum absolute atomic E-state index is 0.216. The van der Waals surface area contributed by atoms with Crippen LogP contribution in [0.2, 0.25) is 0 Å². The number of sulfonamides is 1. The lowest BCUT2D eigenvalue weighted by molar-refractivity contribution is 0.588. The largest absolute Gasteiger partial charge is 0.381 e. The predicted octanol–water partition coefficient (Wildman–Crippen LogP) is 2.65. The first-order valence-corrected chi connectivity index (χ1v) is 7.93. The van der Waals surface area contributed by atoms with Crippen LogP contribution in [-0.2, 0) is 16.6 Å². The predicted molar refractivity (Wildman–Crippen MR) is 81.2 cm³/mol. The maximum absolute atomic E-state index is 13.2. The van der Waals surface area contributed by atoms with Gasteiger partial charge in [0.05, 0.1) is 4.90 Å². The van der Waals surface area contributed by atoms with E-state index < -0.39 is 10.0 Å². The average molecular weight is 308 g/mol. The molecule has 0 spiro atoms. The van der Waals surface area contributed by atoms with Crippen molar-refractivity contribution in [2.45, 2.75) is 18.4 Å². The highest BCUT2D eigenvalue weighted by atomic mass is 32.2. The molecular formula is C15H17FN2O2S. The van der Waals surface area contributed by atoms with Gasteiger partial charge in [-0.15, -0.1) is 0 Å². The molecule has 0 aromatic heterocycles. The van der Waals surface area contributed by atoms with Crippen molar-refractivity contribution in [1.82, 2.24) is 4.72 Å². The van der Waals surface area contributed by atoms with E-state index >= 15 is 0 Å². The molecule has 2 rings (SSSR count). The summed E-state index contributed by atoms with van der Waals surface area (Å²) in [6.45, 7) is 2.26. The second kappa shape index (κ2) is 6.24. The van der Waals surface area contributed by atoms with Crippen molar-refractivity contribution >= 4 is 15.7 Å². The number of anilines is 1. The Morgan fingerprint density at radius 1 is 1.10 bits per heavy atom. The average Bonchev–Trinajstić information content (AvgIpc) is 2.49. The Bertz CT molecular complexity index is 728. The normalized spacial score (nSPS) is 11.4. The summed E-state index contributed by atoms with van der Waals surface area (Å²) in [7, 11) is -2.04. The molecule has 4 nitrogen and oxygen atoms in total. The van der Waals surface area contributed by atoms with Crippen LogP contribution in [-0.4, -0.2) is 15.5 Å². The fraction of sp³-hybridized carbons (Fsp3) is 0.200. The fourth-order valence-corrected chi connectivity index (χ4v) is 2.62. The summed E-state index contributed by atoms with van der Waals surface area (Å²) in [6.07, 6.45) is 0. The van der Waals surface area contributed by atoms with Crippen LogP contribution in [0.1, 0.15) is 11.1 Å². The first-order valence-electron chi connectivity index (χ1n) is 6.45. The van der Waals surface area contributed by atoms with E-state index in [2.05, 4.69) is 10.0 Å². The van der Waals surface area contributed by atoms with Gasteiger partial charge in [-0.25, -0.2) is 17.5 Å². The van der Waals surface area contributed by atoms with E-state index in [0.29, 0.717) is 12.1 Å². The summed E-state index contributed by atoms with van der Waals surface area (Å²) in [5.74, 6) is -0.222. The van der Waals surface area contributed by atoms with Crippen LogP contribution in [0, 0.1) is 12.7 Å². The number of benzene rings is 2. The Kier molecular flexibility index (Phi) is 4.59. The Morgan fingerprint density at radius 2 is 1.76 bits per heavy atom. The number of halogens is 1. The smallest absolute Gasteiger partial charge is 0.240 e. The first-order chi connectivity index (χ1) is 9.92. The summed E-state index contributed by atoms with van der Waals surface area (Å²) in [4.78, 5) is 0.216. The van der Waals surface area contributed by atoms with E-state index in [1.165, 1.54) is 25.2 Å². The van der Waals surface area contributed by atoms with E-state index in [1.807, 2.05) is 0 Å². The van der Waals surface area contributed by atoms with Gasteiger partial charge in [0.25, 0.3) is 0 Å². The van der Waals surface area contributed by atoms with E-state index in [-0.39, 0.29) is 10.7 Å². The first kappa shape index (κ1) is 15.5. The second-order valence-corrected chi connectivity index (χ2v) is 6.56. The van der Waals surface area contributed by atoms with Crippen molar-refractivity contribution in [3.8, 4) is 0 Å². The molecule has 2 N–H and O–H groups in total. The monoisotopic (exact) mass is 308 g/mol. The lowest BCUT2D eigenvalue weighted by atomic mass is 10.1. The lowest BCUT2D eigenvalue weighted by Crippen LogP contribution is -2.18. The van der Waals surface area contributed by atoms with Gasteiger partial charge < -0.3 is 5.32 Å². The Hall–Kier alpha value is -1.92. The molecule has 0 amide bonds. The van der Waals surface area contributed by atoms with Crippen molar-refractivity contribution in [1.29, 1.82) is 0 Å². The highest BCUT2D eigenvalue weighted by molar-refractivity contribution is 7.89. The van der Waals surface area contributed by atoms with Gasteiger partial charge in [0.2, 0.25) is 10.0 Å². The Morgan fingerprint density at radius 3 is 2.33 bits per heavy atom. The molecule has 0 heterocycles. The molecule has 0 fully saturated rings. The second-order valence-electron chi connectivity index (χ2n) is 4.67. The van der Waals surface area contributed by atoms with Gasteiger partial charge in [-0.1, -0.05) is 12.1 Å². The van der Waals surface area contributed by atoms with Crippen LogP contribution in [0.5, 0.6) is 0 Å². The molecule has 21 heavy (non-hydrogen) atoms. The summed E-state index contributed by atoms with van der Waals surface area (Å²) < 4.78 is 38.6. The maximum Gasteiger partial charge on any atom is 0.240 e. The highest BCUT2D eigenvalue weighted by Gasteiger charge is 2.10. The Labute approximate surface area is 124 Å². The van der Waals surface area contributed by atoms with Gasteiger partial charge in [0.15, 0.2) is 0 Å². The quantitative estimate of drug-likeness (QED) is 0.893. The van der Waals surface area contributed by atoms with Gasteiger partial charge in [0, 0.05) is 12.2 Å². The third kappa shape index (κ3) is 3.80. The molecule has 0 saturated heterocycles. The van der Waals surface area contributed by atoms with Gasteiger partial charge in [-0.05, 0) is 55.4 Å². The molecule has 0 bridgehead atoms. The molecular weight excluding hydrogens is 291 g/mol. The molecule has 0 radical (unpaired) electrons. The van der Waals surface area contributed by atoms with Gasteiger partial charge in [-0.3, -0.25) is 0 Å². The summed E-state index contributed by atoms with van der Waals surface area (Å²) >= 11 is 0. The highest BCUT2D eigenvalue weighted by Crippen LogP contribution is 2.15. The molecule has 2 aromatic rings. The lowest BCUT2D eigenvalue weighted by Gasteiger charge is -2.09. The van der Waals surface area contributed by atoms with Crippen molar-refractivity contribution in [3.05, 3.63) is 59.4 Å². The van der Waals surface area contributed by atoms with Crippen molar-refractivity contribution in [2.24, 2.45) is 0 Å². The van der Waals surface area contributed by atoms with Crippen molar-refractivity contribution in [3.63, 3.8) is 0 Å². The molecule has 112 valence electrons. The molecule has 2 aromatic carbocycles. The zero-order chi connectivity index (χ0) is 15.5. The molecule has 0 aliphatic rings. The third-order valence-electron chi connectivity index (χ3n) is 3.15. The molecule has 0 unspecified atom stereocenters. The zero-order valence-corrected chi connectivity index (χ0v) is 12.7. The van der Waals surface area contributed by atoms with Crippen LogP contribution in [0.4, 0.5) is 10.1 Å². The summed E-state index contributed by atoms with van der Waals surface area (Å²) in [5.41, 5.74) is 2.36. The molecule has 0 saturated carbocycles. The van der Waals surface area contributed by atoms with E-state index in [0.717, 1.165) is 11.3 Å². The van der Waals surface area contributed by atoms with Gasteiger partial charge in [0.1, 0.15) is 5.82 Å². The SMILES string of the molecule is CNS(=O)(=O)c1ccc(NCc2ccc(F)c(C)c2)cc1. The fourth-order valence-electron chi connectivity index (χ4n) is 1.89. The van der Waals surface area contributed by atoms with Gasteiger partial charge >= 0.3 is 0 Å². The molecule has 0 aliphatic carbocycles. The Balaban J connectivity index is 2.05.